The van der Waals surface area contributed by atoms with Crippen LogP contribution in [-0.4, -0.2) is 25.7 Å². The smallest absolute Gasteiger partial charge is 0.266 e. The van der Waals surface area contributed by atoms with Crippen molar-refractivity contribution >= 4 is 21.5 Å². The summed E-state index contributed by atoms with van der Waals surface area (Å²) in [5.41, 5.74) is 6.76. The van der Waals surface area contributed by atoms with Crippen LogP contribution in [0.1, 0.15) is 5.69 Å². The van der Waals surface area contributed by atoms with E-state index in [1.54, 1.807) is 13.0 Å². The predicted octanol–water partition coefficient (Wildman–Crippen LogP) is 1.11. The molecule has 0 aliphatic heterocycles. The number of benzene rings is 1. The van der Waals surface area contributed by atoms with Crippen molar-refractivity contribution in [1.29, 1.82) is 0 Å². The molecule has 4 N–H and O–H groups in total. The van der Waals surface area contributed by atoms with Gasteiger partial charge in [-0.05, 0) is 19.1 Å². The van der Waals surface area contributed by atoms with E-state index in [9.17, 15) is 8.42 Å². The van der Waals surface area contributed by atoms with Crippen molar-refractivity contribution in [2.45, 2.75) is 11.8 Å². The second-order valence-corrected chi connectivity index (χ2v) is 5.60. The van der Waals surface area contributed by atoms with Crippen molar-refractivity contribution in [2.24, 2.45) is 0 Å². The topological polar surface area (TPSA) is 110 Å². The van der Waals surface area contributed by atoms with Crippen LogP contribution < -0.4 is 15.2 Å². The van der Waals surface area contributed by atoms with Crippen LogP contribution in [0.15, 0.2) is 29.2 Å². The number of H-pyrrole nitrogens is 1. The lowest BCUT2D eigenvalue weighted by atomic mass is 10.3. The summed E-state index contributed by atoms with van der Waals surface area (Å²) < 4.78 is 31.8. The molecule has 0 saturated carbocycles. The molecular weight excluding hydrogens is 268 g/mol. The van der Waals surface area contributed by atoms with E-state index in [1.807, 2.05) is 0 Å². The maximum atomic E-state index is 12.2. The molecule has 0 saturated heterocycles. The van der Waals surface area contributed by atoms with Crippen molar-refractivity contribution in [3.63, 3.8) is 0 Å². The van der Waals surface area contributed by atoms with Crippen LogP contribution in [0.25, 0.3) is 0 Å². The number of hydrogen-bond acceptors (Lipinski definition) is 5. The molecule has 0 atom stereocenters. The minimum Gasteiger partial charge on any atom is -0.495 e. The number of aromatic nitrogens is 2. The Morgan fingerprint density at radius 3 is 2.68 bits per heavy atom. The zero-order valence-electron chi connectivity index (χ0n) is 10.5. The fraction of sp³-hybridized carbons (Fsp3) is 0.182. The second-order valence-electron chi connectivity index (χ2n) is 3.95. The van der Waals surface area contributed by atoms with Crippen LogP contribution in [0, 0.1) is 6.92 Å². The molecule has 7 nitrogen and oxygen atoms in total. The molecule has 2 aromatic rings. The molecule has 19 heavy (non-hydrogen) atoms. The average Bonchev–Trinajstić information content (AvgIpc) is 2.73. The largest absolute Gasteiger partial charge is 0.495 e. The van der Waals surface area contributed by atoms with Crippen molar-refractivity contribution in [2.75, 3.05) is 17.6 Å². The molecule has 1 aromatic carbocycles. The monoisotopic (exact) mass is 282 g/mol. The molecule has 0 fully saturated rings. The number of nitrogens with one attached hydrogen (secondary N) is 2. The highest BCUT2D eigenvalue weighted by Gasteiger charge is 2.20. The molecule has 8 heteroatoms. The maximum Gasteiger partial charge on any atom is 0.266 e. The first-order valence-corrected chi connectivity index (χ1v) is 6.89. The highest BCUT2D eigenvalue weighted by Crippen LogP contribution is 2.27. The minimum absolute atomic E-state index is 0.00449. The van der Waals surface area contributed by atoms with E-state index < -0.39 is 10.0 Å². The molecule has 0 radical (unpaired) electrons. The number of nitrogens with two attached hydrogens (primary N) is 1. The third kappa shape index (κ3) is 2.79. The first-order chi connectivity index (χ1) is 8.92. The molecule has 1 aromatic heterocycles. The summed E-state index contributed by atoms with van der Waals surface area (Å²) in [4.78, 5) is 0.00449. The molecular formula is C11H14N4O3S. The molecule has 1 heterocycles. The number of aromatic amines is 1. The molecule has 0 aliphatic carbocycles. The van der Waals surface area contributed by atoms with Gasteiger partial charge in [-0.15, -0.1) is 0 Å². The Hall–Kier alpha value is -2.22. The van der Waals surface area contributed by atoms with Crippen molar-refractivity contribution in [3.8, 4) is 5.75 Å². The van der Waals surface area contributed by atoms with Gasteiger partial charge in [0.05, 0.1) is 7.11 Å². The van der Waals surface area contributed by atoms with Crippen LogP contribution in [0.2, 0.25) is 0 Å². The Morgan fingerprint density at radius 1 is 1.37 bits per heavy atom. The number of aryl methyl sites for hydroxylation is 1. The van der Waals surface area contributed by atoms with Crippen molar-refractivity contribution in [3.05, 3.63) is 30.0 Å². The quantitative estimate of drug-likeness (QED) is 0.728. The van der Waals surface area contributed by atoms with Gasteiger partial charge in [0, 0.05) is 23.5 Å². The van der Waals surface area contributed by atoms with Gasteiger partial charge in [-0.2, -0.15) is 5.10 Å². The van der Waals surface area contributed by atoms with Crippen molar-refractivity contribution in [1.82, 2.24) is 10.2 Å². The lowest BCUT2D eigenvalue weighted by Gasteiger charge is -2.10. The van der Waals surface area contributed by atoms with Gasteiger partial charge < -0.3 is 10.5 Å². The Kier molecular flexibility index (Phi) is 3.34. The average molecular weight is 282 g/mol. The first-order valence-electron chi connectivity index (χ1n) is 5.41. The molecule has 0 aliphatic rings. The fourth-order valence-corrected chi connectivity index (χ4v) is 2.71. The van der Waals surface area contributed by atoms with Gasteiger partial charge in [-0.1, -0.05) is 0 Å². The Balaban J connectivity index is 2.39. The van der Waals surface area contributed by atoms with E-state index in [0.717, 1.165) is 5.69 Å². The van der Waals surface area contributed by atoms with Gasteiger partial charge in [-0.3, -0.25) is 9.82 Å². The zero-order valence-corrected chi connectivity index (χ0v) is 11.3. The number of sulfonamides is 1. The number of hydrogen-bond donors (Lipinski definition) is 3. The predicted molar refractivity (Wildman–Crippen MR) is 71.5 cm³/mol. The number of anilines is 2. The van der Waals surface area contributed by atoms with E-state index in [1.165, 1.54) is 25.3 Å². The number of ether oxygens (including phenoxy) is 1. The lowest BCUT2D eigenvalue weighted by Crippen LogP contribution is -2.14. The van der Waals surface area contributed by atoms with Crippen LogP contribution >= 0.6 is 0 Å². The van der Waals surface area contributed by atoms with Gasteiger partial charge in [-0.25, -0.2) is 8.42 Å². The summed E-state index contributed by atoms with van der Waals surface area (Å²) in [6, 6.07) is 5.91. The van der Waals surface area contributed by atoms with Gasteiger partial charge >= 0.3 is 0 Å². The number of rotatable bonds is 4. The summed E-state index contributed by atoms with van der Waals surface area (Å²) in [6.07, 6.45) is 0. The Morgan fingerprint density at radius 2 is 2.11 bits per heavy atom. The summed E-state index contributed by atoms with van der Waals surface area (Å²) >= 11 is 0. The van der Waals surface area contributed by atoms with E-state index >= 15 is 0 Å². The van der Waals surface area contributed by atoms with E-state index in [4.69, 9.17) is 10.5 Å². The maximum absolute atomic E-state index is 12.2. The molecule has 0 spiro atoms. The summed E-state index contributed by atoms with van der Waals surface area (Å²) in [5, 5.41) is 6.47. The zero-order chi connectivity index (χ0) is 14.0. The van der Waals surface area contributed by atoms with Crippen LogP contribution in [-0.2, 0) is 10.0 Å². The highest BCUT2D eigenvalue weighted by molar-refractivity contribution is 7.92. The number of nitrogen functional groups attached to an aromatic ring is 1. The fourth-order valence-electron chi connectivity index (χ4n) is 1.57. The second kappa shape index (κ2) is 4.81. The molecule has 0 bridgehead atoms. The van der Waals surface area contributed by atoms with Crippen molar-refractivity contribution < 1.29 is 13.2 Å². The van der Waals surface area contributed by atoms with Gasteiger partial charge in [0.1, 0.15) is 10.6 Å². The van der Waals surface area contributed by atoms with Crippen LogP contribution in [0.3, 0.4) is 0 Å². The van der Waals surface area contributed by atoms with Gasteiger partial charge in [0.15, 0.2) is 5.82 Å². The van der Waals surface area contributed by atoms with Gasteiger partial charge in [0.2, 0.25) is 0 Å². The normalized spacial score (nSPS) is 11.3. The Bertz CT molecular complexity index is 694. The number of methoxy groups -OCH3 is 1. The molecule has 0 amide bonds. The van der Waals surface area contributed by atoms with Crippen LogP contribution in [0.5, 0.6) is 5.75 Å². The van der Waals surface area contributed by atoms with Crippen LogP contribution in [0.4, 0.5) is 11.5 Å². The molecule has 102 valence electrons. The minimum atomic E-state index is -3.77. The Labute approximate surface area is 110 Å². The summed E-state index contributed by atoms with van der Waals surface area (Å²) in [7, 11) is -2.39. The van der Waals surface area contributed by atoms with E-state index in [-0.39, 0.29) is 16.5 Å². The van der Waals surface area contributed by atoms with Gasteiger partial charge in [0.25, 0.3) is 10.0 Å². The SMILES string of the molecule is COc1cc(N)ccc1S(=O)(=O)Nc1cc(C)[nH]n1. The first kappa shape index (κ1) is 13.2. The standard InChI is InChI=1S/C11H14N4O3S/c1-7-5-11(14-13-7)15-19(16,17)10-4-3-8(12)6-9(10)18-2/h3-6H,12H2,1-2H3,(H2,13,14,15). The summed E-state index contributed by atoms with van der Waals surface area (Å²) in [6.45, 7) is 1.77. The van der Waals surface area contributed by atoms with E-state index in [0.29, 0.717) is 5.69 Å². The third-order valence-corrected chi connectivity index (χ3v) is 3.82. The summed E-state index contributed by atoms with van der Waals surface area (Å²) in [5.74, 6) is 0.399. The van der Waals surface area contributed by atoms with E-state index in [2.05, 4.69) is 14.9 Å². The lowest BCUT2D eigenvalue weighted by molar-refractivity contribution is 0.403. The molecule has 2 rings (SSSR count). The molecule has 0 unspecified atom stereocenters. The number of nitrogens with zero attached hydrogens (tertiary/aromatic N) is 1. The third-order valence-electron chi connectivity index (χ3n) is 2.42. The highest BCUT2D eigenvalue weighted by atomic mass is 32.2.